The van der Waals surface area contributed by atoms with Crippen LogP contribution in [0.1, 0.15) is 6.42 Å². The Bertz CT molecular complexity index is 620. The van der Waals surface area contributed by atoms with E-state index in [1.807, 2.05) is 18.2 Å². The van der Waals surface area contributed by atoms with Crippen LogP contribution in [0.3, 0.4) is 0 Å². The van der Waals surface area contributed by atoms with Crippen molar-refractivity contribution >= 4 is 29.3 Å². The summed E-state index contributed by atoms with van der Waals surface area (Å²) < 4.78 is 4.92. The molecular formula is C14H17ClN4O2S. The Morgan fingerprint density at radius 2 is 2.27 bits per heavy atom. The molecule has 0 saturated carbocycles. The van der Waals surface area contributed by atoms with Gasteiger partial charge in [0.15, 0.2) is 5.82 Å². The first-order chi connectivity index (χ1) is 10.7. The molecule has 0 aliphatic heterocycles. The summed E-state index contributed by atoms with van der Waals surface area (Å²) in [7, 11) is 1.64. The predicted octanol–water partition coefficient (Wildman–Crippen LogP) is 2.37. The monoisotopic (exact) mass is 340 g/mol. The summed E-state index contributed by atoms with van der Waals surface area (Å²) in [6, 6.07) is 7.38. The van der Waals surface area contributed by atoms with Gasteiger partial charge in [-0.2, -0.15) is 0 Å². The van der Waals surface area contributed by atoms with Gasteiger partial charge in [0.25, 0.3) is 0 Å². The van der Waals surface area contributed by atoms with Crippen LogP contribution < -0.4 is 5.32 Å². The molecule has 2 aromatic rings. The van der Waals surface area contributed by atoms with Gasteiger partial charge in [-0.25, -0.2) is 4.98 Å². The van der Waals surface area contributed by atoms with Crippen LogP contribution in [0.25, 0.3) is 11.4 Å². The minimum Gasteiger partial charge on any atom is -0.385 e. The number of hydrogen-bond acceptors (Lipinski definition) is 5. The van der Waals surface area contributed by atoms with Gasteiger partial charge in [0.05, 0.1) is 10.8 Å². The fourth-order valence-electron chi connectivity index (χ4n) is 1.71. The maximum Gasteiger partial charge on any atom is 0.230 e. The summed E-state index contributed by atoms with van der Waals surface area (Å²) in [4.78, 5) is 16.0. The van der Waals surface area contributed by atoms with Crippen molar-refractivity contribution in [2.24, 2.45) is 0 Å². The van der Waals surface area contributed by atoms with Crippen molar-refractivity contribution in [2.45, 2.75) is 11.6 Å². The third-order valence-electron chi connectivity index (χ3n) is 2.77. The molecule has 0 aliphatic carbocycles. The highest BCUT2D eigenvalue weighted by Gasteiger charge is 2.10. The van der Waals surface area contributed by atoms with Gasteiger partial charge in [0, 0.05) is 25.8 Å². The van der Waals surface area contributed by atoms with E-state index in [4.69, 9.17) is 16.3 Å². The molecule has 0 fully saturated rings. The van der Waals surface area contributed by atoms with Crippen LogP contribution in [0.4, 0.5) is 0 Å². The Morgan fingerprint density at radius 3 is 3.05 bits per heavy atom. The zero-order valence-corrected chi connectivity index (χ0v) is 13.7. The average Bonchev–Trinajstić information content (AvgIpc) is 2.99. The van der Waals surface area contributed by atoms with Crippen molar-refractivity contribution in [1.82, 2.24) is 20.5 Å². The van der Waals surface area contributed by atoms with Crippen molar-refractivity contribution in [2.75, 3.05) is 26.0 Å². The smallest absolute Gasteiger partial charge is 0.230 e. The lowest BCUT2D eigenvalue weighted by Gasteiger charge is -2.03. The largest absolute Gasteiger partial charge is 0.385 e. The van der Waals surface area contributed by atoms with E-state index in [-0.39, 0.29) is 11.7 Å². The number of aromatic nitrogens is 3. The second kappa shape index (κ2) is 8.77. The van der Waals surface area contributed by atoms with Gasteiger partial charge < -0.3 is 10.1 Å². The van der Waals surface area contributed by atoms with Gasteiger partial charge in [0.1, 0.15) is 0 Å². The van der Waals surface area contributed by atoms with Gasteiger partial charge in [0.2, 0.25) is 11.1 Å². The Kier molecular flexibility index (Phi) is 6.70. The van der Waals surface area contributed by atoms with Crippen LogP contribution in [0.5, 0.6) is 0 Å². The fraction of sp³-hybridized carbons (Fsp3) is 0.357. The first-order valence-corrected chi connectivity index (χ1v) is 8.13. The number of amides is 1. The maximum atomic E-state index is 11.7. The summed E-state index contributed by atoms with van der Waals surface area (Å²) in [5.74, 6) is 0.811. The molecule has 0 atom stereocenters. The first-order valence-electron chi connectivity index (χ1n) is 6.76. The molecule has 1 amide bonds. The van der Waals surface area contributed by atoms with Gasteiger partial charge in [-0.15, -0.1) is 5.10 Å². The van der Waals surface area contributed by atoms with Crippen molar-refractivity contribution in [3.05, 3.63) is 29.3 Å². The number of benzene rings is 1. The van der Waals surface area contributed by atoms with Crippen LogP contribution in [-0.2, 0) is 9.53 Å². The summed E-state index contributed by atoms with van der Waals surface area (Å²) >= 11 is 7.38. The quantitative estimate of drug-likeness (QED) is 0.569. The molecule has 0 unspecified atom stereocenters. The number of aromatic amines is 1. The minimum absolute atomic E-state index is 0.0507. The number of halogens is 1. The molecule has 2 N–H and O–H groups in total. The van der Waals surface area contributed by atoms with E-state index < -0.39 is 0 Å². The number of nitrogens with zero attached hydrogens (tertiary/aromatic N) is 2. The molecule has 6 nitrogen and oxygen atoms in total. The third kappa shape index (κ3) is 5.01. The first kappa shape index (κ1) is 16.8. The molecule has 0 spiro atoms. The second-order valence-corrected chi connectivity index (χ2v) is 5.78. The molecule has 1 heterocycles. The molecule has 0 aliphatic rings. The van der Waals surface area contributed by atoms with Crippen LogP contribution in [-0.4, -0.2) is 47.1 Å². The second-order valence-electron chi connectivity index (χ2n) is 4.43. The van der Waals surface area contributed by atoms with E-state index in [1.165, 1.54) is 11.8 Å². The van der Waals surface area contributed by atoms with Gasteiger partial charge in [-0.3, -0.25) is 9.89 Å². The zero-order valence-electron chi connectivity index (χ0n) is 12.1. The maximum absolute atomic E-state index is 11.7. The van der Waals surface area contributed by atoms with Crippen molar-refractivity contribution in [3.63, 3.8) is 0 Å². The molecule has 0 saturated heterocycles. The zero-order chi connectivity index (χ0) is 15.8. The third-order valence-corrected chi connectivity index (χ3v) is 3.95. The highest BCUT2D eigenvalue weighted by Crippen LogP contribution is 2.25. The van der Waals surface area contributed by atoms with Crippen LogP contribution in [0, 0.1) is 0 Å². The molecule has 0 bridgehead atoms. The Labute approximate surface area is 138 Å². The number of methoxy groups -OCH3 is 1. The van der Waals surface area contributed by atoms with Gasteiger partial charge in [-0.05, 0) is 18.6 Å². The number of nitrogens with one attached hydrogen (secondary N) is 2. The summed E-state index contributed by atoms with van der Waals surface area (Å²) in [6.45, 7) is 1.24. The number of carbonyl (C=O) groups is 1. The molecule has 0 radical (unpaired) electrons. The van der Waals surface area contributed by atoms with E-state index in [0.717, 1.165) is 12.0 Å². The van der Waals surface area contributed by atoms with E-state index in [1.54, 1.807) is 13.2 Å². The highest BCUT2D eigenvalue weighted by molar-refractivity contribution is 7.99. The summed E-state index contributed by atoms with van der Waals surface area (Å²) in [6.07, 6.45) is 0.796. The van der Waals surface area contributed by atoms with Crippen LogP contribution in [0.15, 0.2) is 29.4 Å². The van der Waals surface area contributed by atoms with Crippen molar-refractivity contribution in [1.29, 1.82) is 0 Å². The van der Waals surface area contributed by atoms with E-state index >= 15 is 0 Å². The highest BCUT2D eigenvalue weighted by atomic mass is 35.5. The van der Waals surface area contributed by atoms with E-state index in [0.29, 0.717) is 29.2 Å². The van der Waals surface area contributed by atoms with Gasteiger partial charge >= 0.3 is 0 Å². The lowest BCUT2D eigenvalue weighted by Crippen LogP contribution is -2.26. The van der Waals surface area contributed by atoms with Crippen LogP contribution >= 0.6 is 23.4 Å². The number of hydrogen-bond donors (Lipinski definition) is 2. The summed E-state index contributed by atoms with van der Waals surface area (Å²) in [5, 5.41) is 10.8. The molecule has 1 aromatic carbocycles. The van der Waals surface area contributed by atoms with Gasteiger partial charge in [-0.1, -0.05) is 35.5 Å². The summed E-state index contributed by atoms with van der Waals surface area (Å²) in [5.41, 5.74) is 0.785. The Hall–Kier alpha value is -1.57. The Morgan fingerprint density at radius 1 is 1.45 bits per heavy atom. The predicted molar refractivity (Wildman–Crippen MR) is 87.1 cm³/mol. The average molecular weight is 341 g/mol. The van der Waals surface area contributed by atoms with Crippen molar-refractivity contribution < 1.29 is 9.53 Å². The number of H-pyrrole nitrogens is 1. The normalized spacial score (nSPS) is 10.6. The number of rotatable bonds is 8. The lowest BCUT2D eigenvalue weighted by molar-refractivity contribution is -0.118. The number of carbonyl (C=O) groups excluding carboxylic acids is 1. The van der Waals surface area contributed by atoms with E-state index in [9.17, 15) is 4.79 Å². The number of thioether (sulfide) groups is 1. The topological polar surface area (TPSA) is 79.9 Å². The molecule has 1 aromatic heterocycles. The van der Waals surface area contributed by atoms with E-state index in [2.05, 4.69) is 20.5 Å². The lowest BCUT2D eigenvalue weighted by atomic mass is 10.2. The fourth-order valence-corrected chi connectivity index (χ4v) is 2.56. The molecule has 22 heavy (non-hydrogen) atoms. The standard InChI is InChI=1S/C14H17ClN4O2S/c1-21-8-4-7-16-12(20)9-22-14-17-13(18-19-14)10-5-2-3-6-11(10)15/h2-3,5-6H,4,7-9H2,1H3,(H,16,20)(H,17,18,19). The Balaban J connectivity index is 1.83. The SMILES string of the molecule is COCCCNC(=O)CSc1n[nH]c(-c2ccccc2Cl)n1. The van der Waals surface area contributed by atoms with Crippen molar-refractivity contribution in [3.8, 4) is 11.4 Å². The molecule has 8 heteroatoms. The molecule has 2 rings (SSSR count). The molecule has 118 valence electrons. The number of ether oxygens (including phenoxy) is 1. The molecular weight excluding hydrogens is 324 g/mol. The minimum atomic E-state index is -0.0507. The van der Waals surface area contributed by atoms with Crippen LogP contribution in [0.2, 0.25) is 5.02 Å².